The second-order valence-electron chi connectivity index (χ2n) is 4.83. The monoisotopic (exact) mass is 271 g/mol. The molecule has 1 atom stereocenters. The van der Waals surface area contributed by atoms with Crippen molar-refractivity contribution in [3.05, 3.63) is 29.8 Å². The van der Waals surface area contributed by atoms with E-state index in [1.165, 1.54) is 6.07 Å². The number of hydrogen-bond acceptors (Lipinski definition) is 3. The number of alkyl halides is 2. The van der Waals surface area contributed by atoms with Crippen LogP contribution in [-0.4, -0.2) is 35.8 Å². The molecule has 2 rings (SSSR count). The van der Waals surface area contributed by atoms with Crippen LogP contribution in [0.15, 0.2) is 24.3 Å². The Kier molecular flexibility index (Phi) is 5.10. The van der Waals surface area contributed by atoms with Crippen LogP contribution in [0.25, 0.3) is 0 Å². The number of rotatable bonds is 5. The van der Waals surface area contributed by atoms with Crippen LogP contribution in [0.4, 0.5) is 8.78 Å². The molecule has 1 N–H and O–H groups in total. The van der Waals surface area contributed by atoms with Crippen LogP contribution in [0.5, 0.6) is 5.75 Å². The first-order valence-electron chi connectivity index (χ1n) is 6.57. The van der Waals surface area contributed by atoms with Crippen LogP contribution in [0.3, 0.4) is 0 Å². The maximum Gasteiger partial charge on any atom is 0.387 e. The zero-order valence-corrected chi connectivity index (χ0v) is 10.8. The van der Waals surface area contributed by atoms with Gasteiger partial charge in [-0.3, -0.25) is 4.90 Å². The lowest BCUT2D eigenvalue weighted by atomic mass is 10.0. The summed E-state index contributed by atoms with van der Waals surface area (Å²) >= 11 is 0. The van der Waals surface area contributed by atoms with Gasteiger partial charge in [0.05, 0.1) is 6.61 Å². The first-order valence-corrected chi connectivity index (χ1v) is 6.57. The predicted molar refractivity (Wildman–Crippen MR) is 68.2 cm³/mol. The fraction of sp³-hybridized carbons (Fsp3) is 0.571. The lowest BCUT2D eigenvalue weighted by molar-refractivity contribution is -0.0499. The Morgan fingerprint density at radius 3 is 2.95 bits per heavy atom. The van der Waals surface area contributed by atoms with Gasteiger partial charge in [0, 0.05) is 12.6 Å². The molecule has 1 unspecified atom stereocenters. The molecule has 1 saturated heterocycles. The molecule has 0 spiro atoms. The molecule has 0 aliphatic carbocycles. The van der Waals surface area contributed by atoms with E-state index in [0.717, 1.165) is 31.4 Å². The Hall–Kier alpha value is -1.20. The minimum Gasteiger partial charge on any atom is -0.435 e. The molecule has 1 fully saturated rings. The average molecular weight is 271 g/mol. The summed E-state index contributed by atoms with van der Waals surface area (Å²) in [7, 11) is 0. The number of piperidine rings is 1. The van der Waals surface area contributed by atoms with Gasteiger partial charge in [-0.2, -0.15) is 8.78 Å². The molecule has 5 heteroatoms. The van der Waals surface area contributed by atoms with Crippen LogP contribution in [0.2, 0.25) is 0 Å². The third kappa shape index (κ3) is 4.14. The number of nitrogens with zero attached hydrogens (tertiary/aromatic N) is 1. The van der Waals surface area contributed by atoms with Gasteiger partial charge in [-0.15, -0.1) is 0 Å². The Balaban J connectivity index is 2.01. The van der Waals surface area contributed by atoms with Crippen LogP contribution in [0.1, 0.15) is 24.8 Å². The summed E-state index contributed by atoms with van der Waals surface area (Å²) in [5, 5.41) is 9.35. The van der Waals surface area contributed by atoms with E-state index < -0.39 is 6.61 Å². The van der Waals surface area contributed by atoms with Gasteiger partial charge in [0.25, 0.3) is 0 Å². The van der Waals surface area contributed by atoms with Crippen LogP contribution >= 0.6 is 0 Å². The highest BCUT2D eigenvalue weighted by Gasteiger charge is 2.21. The summed E-state index contributed by atoms with van der Waals surface area (Å²) in [4.78, 5) is 2.20. The van der Waals surface area contributed by atoms with Crippen LogP contribution in [0, 0.1) is 0 Å². The summed E-state index contributed by atoms with van der Waals surface area (Å²) in [5.41, 5.74) is 0.929. The van der Waals surface area contributed by atoms with Gasteiger partial charge >= 0.3 is 6.61 Å². The second kappa shape index (κ2) is 6.82. The van der Waals surface area contributed by atoms with Crippen molar-refractivity contribution in [2.75, 3.05) is 13.2 Å². The third-order valence-corrected chi connectivity index (χ3v) is 3.47. The van der Waals surface area contributed by atoms with E-state index in [2.05, 4.69) is 9.64 Å². The number of likely N-dealkylation sites (tertiary alicyclic amines) is 1. The van der Waals surface area contributed by atoms with E-state index in [0.29, 0.717) is 6.54 Å². The molecule has 0 saturated carbocycles. The van der Waals surface area contributed by atoms with Gasteiger partial charge in [-0.1, -0.05) is 18.6 Å². The summed E-state index contributed by atoms with van der Waals surface area (Å²) in [6.07, 6.45) is 3.24. The zero-order valence-electron chi connectivity index (χ0n) is 10.8. The third-order valence-electron chi connectivity index (χ3n) is 3.47. The average Bonchev–Trinajstić information content (AvgIpc) is 2.39. The molecule has 106 valence electrons. The molecule has 3 nitrogen and oxygen atoms in total. The molecule has 0 radical (unpaired) electrons. The number of benzene rings is 1. The van der Waals surface area contributed by atoms with E-state index in [-0.39, 0.29) is 18.4 Å². The van der Waals surface area contributed by atoms with Gasteiger partial charge in [-0.05, 0) is 37.1 Å². The van der Waals surface area contributed by atoms with Gasteiger partial charge < -0.3 is 9.84 Å². The van der Waals surface area contributed by atoms with Gasteiger partial charge in [-0.25, -0.2) is 0 Å². The summed E-state index contributed by atoms with van der Waals surface area (Å²) in [6.45, 7) is -1.06. The predicted octanol–water partition coefficient (Wildman–Crippen LogP) is 2.63. The smallest absolute Gasteiger partial charge is 0.387 e. The standard InChI is InChI=1S/C14H19F2NO2/c15-14(16)19-13-6-3-4-11(8-13)9-17-7-2-1-5-12(17)10-18/h3-4,6,8,12,14,18H,1-2,5,7,9-10H2. The number of aliphatic hydroxyl groups excluding tert-OH is 1. The van der Waals surface area contributed by atoms with Crippen LogP contribution in [-0.2, 0) is 6.54 Å². The highest BCUT2D eigenvalue weighted by atomic mass is 19.3. The molecule has 19 heavy (non-hydrogen) atoms. The van der Waals surface area contributed by atoms with E-state index >= 15 is 0 Å². The Morgan fingerprint density at radius 1 is 1.37 bits per heavy atom. The van der Waals surface area contributed by atoms with Crippen molar-refractivity contribution in [3.63, 3.8) is 0 Å². The zero-order chi connectivity index (χ0) is 13.7. The molecule has 1 heterocycles. The number of hydrogen-bond donors (Lipinski definition) is 1. The molecular weight excluding hydrogens is 252 g/mol. The molecule has 1 aliphatic heterocycles. The van der Waals surface area contributed by atoms with Gasteiger partial charge in [0.1, 0.15) is 5.75 Å². The van der Waals surface area contributed by atoms with Crippen molar-refractivity contribution in [1.82, 2.24) is 4.90 Å². The number of ether oxygens (including phenoxy) is 1. The Bertz CT molecular complexity index is 401. The topological polar surface area (TPSA) is 32.7 Å². The SMILES string of the molecule is OCC1CCCCN1Cc1cccc(OC(F)F)c1. The molecule has 1 aliphatic rings. The van der Waals surface area contributed by atoms with Crippen molar-refractivity contribution < 1.29 is 18.6 Å². The fourth-order valence-corrected chi connectivity index (χ4v) is 2.53. The van der Waals surface area contributed by atoms with E-state index in [9.17, 15) is 13.9 Å². The fourth-order valence-electron chi connectivity index (χ4n) is 2.53. The normalized spacial score (nSPS) is 20.7. The van der Waals surface area contributed by atoms with Crippen molar-refractivity contribution in [2.24, 2.45) is 0 Å². The minimum atomic E-state index is -2.80. The summed E-state index contributed by atoms with van der Waals surface area (Å²) in [5.74, 6) is 0.185. The van der Waals surface area contributed by atoms with E-state index in [1.54, 1.807) is 12.1 Å². The maximum absolute atomic E-state index is 12.2. The van der Waals surface area contributed by atoms with Crippen molar-refractivity contribution in [1.29, 1.82) is 0 Å². The van der Waals surface area contributed by atoms with Crippen molar-refractivity contribution >= 4 is 0 Å². The summed E-state index contributed by atoms with van der Waals surface area (Å²) < 4.78 is 28.7. The quantitative estimate of drug-likeness (QED) is 0.893. The Morgan fingerprint density at radius 2 is 2.21 bits per heavy atom. The molecule has 0 amide bonds. The lowest BCUT2D eigenvalue weighted by Gasteiger charge is -2.34. The van der Waals surface area contributed by atoms with Crippen LogP contribution < -0.4 is 4.74 Å². The first kappa shape index (κ1) is 14.2. The Labute approximate surface area is 111 Å². The van der Waals surface area contributed by atoms with E-state index in [1.807, 2.05) is 6.07 Å². The molecule has 1 aromatic carbocycles. The van der Waals surface area contributed by atoms with Gasteiger partial charge in [0.15, 0.2) is 0 Å². The highest BCUT2D eigenvalue weighted by molar-refractivity contribution is 5.28. The minimum absolute atomic E-state index is 0.146. The summed E-state index contributed by atoms with van der Waals surface area (Å²) in [6, 6.07) is 6.94. The molecule has 0 bridgehead atoms. The maximum atomic E-state index is 12.2. The van der Waals surface area contributed by atoms with Crippen molar-refractivity contribution in [2.45, 2.75) is 38.5 Å². The second-order valence-corrected chi connectivity index (χ2v) is 4.83. The first-order chi connectivity index (χ1) is 9.19. The van der Waals surface area contributed by atoms with Crippen molar-refractivity contribution in [3.8, 4) is 5.75 Å². The lowest BCUT2D eigenvalue weighted by Crippen LogP contribution is -2.41. The van der Waals surface area contributed by atoms with E-state index in [4.69, 9.17) is 0 Å². The highest BCUT2D eigenvalue weighted by Crippen LogP contribution is 2.22. The molecular formula is C14H19F2NO2. The molecule has 0 aromatic heterocycles. The largest absolute Gasteiger partial charge is 0.435 e. The molecule has 1 aromatic rings. The van der Waals surface area contributed by atoms with Gasteiger partial charge in [0.2, 0.25) is 0 Å². The number of halogens is 2. The number of aliphatic hydroxyl groups is 1.